The second kappa shape index (κ2) is 9.19. The topological polar surface area (TPSA) is 70.2 Å². The van der Waals surface area contributed by atoms with Crippen LogP contribution in [0.25, 0.3) is 28.0 Å². The molecule has 170 valence electrons. The van der Waals surface area contributed by atoms with Gasteiger partial charge in [0, 0.05) is 28.5 Å². The Morgan fingerprint density at radius 2 is 1.65 bits per heavy atom. The Morgan fingerprint density at radius 1 is 0.912 bits per heavy atom. The van der Waals surface area contributed by atoms with Crippen LogP contribution >= 0.6 is 11.8 Å². The SMILES string of the molecule is COc1ccc(-c2nnc(SCc3cc(=O)oc4cc(C)ccc34)n2-c2ccc(C)cc2)cc1. The van der Waals surface area contributed by atoms with Crippen molar-refractivity contribution in [3.8, 4) is 22.8 Å². The van der Waals surface area contributed by atoms with Crippen LogP contribution in [0.5, 0.6) is 5.75 Å². The molecule has 6 nitrogen and oxygen atoms in total. The highest BCUT2D eigenvalue weighted by molar-refractivity contribution is 7.98. The van der Waals surface area contributed by atoms with Crippen LogP contribution in [0.2, 0.25) is 0 Å². The zero-order chi connectivity index (χ0) is 23.7. The molecule has 5 aromatic rings. The summed E-state index contributed by atoms with van der Waals surface area (Å²) in [5.74, 6) is 2.07. The van der Waals surface area contributed by atoms with Crippen molar-refractivity contribution >= 4 is 22.7 Å². The molecule has 0 aliphatic rings. The Morgan fingerprint density at radius 3 is 2.38 bits per heavy atom. The average molecular weight is 470 g/mol. The molecule has 0 fully saturated rings. The Hall–Kier alpha value is -3.84. The Bertz CT molecular complexity index is 1520. The fraction of sp³-hybridized carbons (Fsp3) is 0.148. The monoisotopic (exact) mass is 469 g/mol. The first-order chi connectivity index (χ1) is 16.5. The number of fused-ring (bicyclic) bond motifs is 1. The summed E-state index contributed by atoms with van der Waals surface area (Å²) < 4.78 is 12.8. The molecule has 0 spiro atoms. The minimum Gasteiger partial charge on any atom is -0.497 e. The highest BCUT2D eigenvalue weighted by atomic mass is 32.2. The maximum atomic E-state index is 12.2. The highest BCUT2D eigenvalue weighted by Crippen LogP contribution is 2.32. The summed E-state index contributed by atoms with van der Waals surface area (Å²) >= 11 is 1.53. The van der Waals surface area contributed by atoms with Gasteiger partial charge in [-0.3, -0.25) is 4.57 Å². The van der Waals surface area contributed by atoms with E-state index in [-0.39, 0.29) is 5.63 Å². The van der Waals surface area contributed by atoms with E-state index in [0.717, 1.165) is 44.5 Å². The summed E-state index contributed by atoms with van der Waals surface area (Å²) in [7, 11) is 1.65. The van der Waals surface area contributed by atoms with Gasteiger partial charge in [-0.25, -0.2) is 4.79 Å². The molecule has 0 aliphatic heterocycles. The second-order valence-electron chi connectivity index (χ2n) is 8.08. The molecule has 0 amide bonds. The van der Waals surface area contributed by atoms with Crippen molar-refractivity contribution in [1.82, 2.24) is 14.8 Å². The number of rotatable bonds is 6. The van der Waals surface area contributed by atoms with Gasteiger partial charge in [0.05, 0.1) is 7.11 Å². The zero-order valence-corrected chi connectivity index (χ0v) is 19.9. The molecule has 0 saturated carbocycles. The van der Waals surface area contributed by atoms with E-state index in [0.29, 0.717) is 11.3 Å². The average Bonchev–Trinajstić information content (AvgIpc) is 3.26. The standard InChI is InChI=1S/C27H23N3O3S/c1-17-4-9-21(10-5-17)30-26(19-7-11-22(32-3)12-8-19)28-29-27(30)34-16-20-15-25(31)33-24-14-18(2)6-13-23(20)24/h4-15H,16H2,1-3H3. The summed E-state index contributed by atoms with van der Waals surface area (Å²) in [6.07, 6.45) is 0. The lowest BCUT2D eigenvalue weighted by Gasteiger charge is -2.12. The molecule has 0 N–H and O–H groups in total. The quantitative estimate of drug-likeness (QED) is 0.226. The lowest BCUT2D eigenvalue weighted by atomic mass is 10.1. The molecular weight excluding hydrogens is 446 g/mol. The minimum absolute atomic E-state index is 0.354. The van der Waals surface area contributed by atoms with Crippen molar-refractivity contribution in [3.63, 3.8) is 0 Å². The van der Waals surface area contributed by atoms with Gasteiger partial charge in [-0.1, -0.05) is 41.6 Å². The van der Waals surface area contributed by atoms with Crippen molar-refractivity contribution in [2.24, 2.45) is 0 Å². The Labute approximate surface area is 201 Å². The van der Waals surface area contributed by atoms with Gasteiger partial charge >= 0.3 is 5.63 Å². The Balaban J connectivity index is 1.55. The first-order valence-electron chi connectivity index (χ1n) is 10.8. The van der Waals surface area contributed by atoms with Gasteiger partial charge in [0.15, 0.2) is 11.0 Å². The van der Waals surface area contributed by atoms with Crippen LogP contribution in [0.3, 0.4) is 0 Å². The van der Waals surface area contributed by atoms with E-state index in [9.17, 15) is 4.79 Å². The lowest BCUT2D eigenvalue weighted by molar-refractivity contribution is 0.415. The predicted octanol–water partition coefficient (Wildman–Crippen LogP) is 5.96. The third-order valence-corrected chi connectivity index (χ3v) is 6.59. The smallest absolute Gasteiger partial charge is 0.336 e. The first-order valence-corrected chi connectivity index (χ1v) is 11.8. The number of aromatic nitrogens is 3. The van der Waals surface area contributed by atoms with Crippen LogP contribution in [-0.4, -0.2) is 21.9 Å². The fourth-order valence-electron chi connectivity index (χ4n) is 3.82. The molecule has 0 radical (unpaired) electrons. The number of benzene rings is 3. The van der Waals surface area contributed by atoms with E-state index >= 15 is 0 Å². The van der Waals surface area contributed by atoms with Crippen LogP contribution in [0, 0.1) is 13.8 Å². The van der Waals surface area contributed by atoms with E-state index in [2.05, 4.69) is 41.4 Å². The van der Waals surface area contributed by atoms with Crippen molar-refractivity contribution < 1.29 is 9.15 Å². The summed E-state index contributed by atoms with van der Waals surface area (Å²) in [6.45, 7) is 4.04. The van der Waals surface area contributed by atoms with E-state index in [1.165, 1.54) is 17.3 Å². The highest BCUT2D eigenvalue weighted by Gasteiger charge is 2.17. The molecule has 0 bridgehead atoms. The molecule has 3 aromatic carbocycles. The van der Waals surface area contributed by atoms with Gasteiger partial charge in [-0.05, 0) is 67.4 Å². The molecule has 0 atom stereocenters. The van der Waals surface area contributed by atoms with Gasteiger partial charge in [0.2, 0.25) is 0 Å². The number of nitrogens with zero attached hydrogens (tertiary/aromatic N) is 3. The minimum atomic E-state index is -0.354. The zero-order valence-electron chi connectivity index (χ0n) is 19.1. The third-order valence-electron chi connectivity index (χ3n) is 5.62. The van der Waals surface area contributed by atoms with Gasteiger partial charge in [0.1, 0.15) is 11.3 Å². The number of ether oxygens (including phenoxy) is 1. The summed E-state index contributed by atoms with van der Waals surface area (Å²) in [6, 6.07) is 23.5. The summed E-state index contributed by atoms with van der Waals surface area (Å²) in [4.78, 5) is 12.2. The molecule has 0 saturated heterocycles. The number of aryl methyl sites for hydroxylation is 2. The fourth-order valence-corrected chi connectivity index (χ4v) is 4.76. The van der Waals surface area contributed by atoms with Gasteiger partial charge < -0.3 is 9.15 Å². The van der Waals surface area contributed by atoms with E-state index in [4.69, 9.17) is 9.15 Å². The number of thioether (sulfide) groups is 1. The van der Waals surface area contributed by atoms with Crippen LogP contribution in [0.15, 0.2) is 87.2 Å². The van der Waals surface area contributed by atoms with Gasteiger partial charge in [-0.2, -0.15) is 0 Å². The first kappa shape index (κ1) is 22.0. The molecule has 34 heavy (non-hydrogen) atoms. The largest absolute Gasteiger partial charge is 0.497 e. The summed E-state index contributed by atoms with van der Waals surface area (Å²) in [5, 5.41) is 10.7. The molecule has 7 heteroatoms. The normalized spacial score (nSPS) is 11.1. The van der Waals surface area contributed by atoms with Gasteiger partial charge in [-0.15, -0.1) is 10.2 Å². The molecule has 5 rings (SSSR count). The van der Waals surface area contributed by atoms with Crippen molar-refractivity contribution in [2.75, 3.05) is 7.11 Å². The number of hydrogen-bond acceptors (Lipinski definition) is 6. The second-order valence-corrected chi connectivity index (χ2v) is 9.03. The van der Waals surface area contributed by atoms with Crippen LogP contribution in [0.1, 0.15) is 16.7 Å². The predicted molar refractivity (Wildman–Crippen MR) is 135 cm³/mol. The van der Waals surface area contributed by atoms with Crippen molar-refractivity contribution in [1.29, 1.82) is 0 Å². The van der Waals surface area contributed by atoms with Crippen molar-refractivity contribution in [3.05, 3.63) is 99.9 Å². The maximum Gasteiger partial charge on any atom is 0.336 e. The number of hydrogen-bond donors (Lipinski definition) is 0. The third kappa shape index (κ3) is 4.34. The molecular formula is C27H23N3O3S. The van der Waals surface area contributed by atoms with E-state index in [1.54, 1.807) is 13.2 Å². The van der Waals surface area contributed by atoms with Crippen LogP contribution in [-0.2, 0) is 5.75 Å². The Kier molecular flexibility index (Phi) is 5.94. The van der Waals surface area contributed by atoms with Crippen LogP contribution < -0.4 is 10.4 Å². The molecule has 2 aromatic heterocycles. The maximum absolute atomic E-state index is 12.2. The van der Waals surface area contributed by atoms with E-state index in [1.807, 2.05) is 54.0 Å². The molecule has 0 aliphatic carbocycles. The summed E-state index contributed by atoms with van der Waals surface area (Å²) in [5.41, 5.74) is 5.27. The number of methoxy groups -OCH3 is 1. The lowest BCUT2D eigenvalue weighted by Crippen LogP contribution is -2.02. The van der Waals surface area contributed by atoms with E-state index < -0.39 is 0 Å². The molecule has 0 unspecified atom stereocenters. The van der Waals surface area contributed by atoms with Crippen LogP contribution in [0.4, 0.5) is 0 Å². The van der Waals surface area contributed by atoms with Crippen molar-refractivity contribution in [2.45, 2.75) is 24.8 Å². The van der Waals surface area contributed by atoms with Gasteiger partial charge in [0.25, 0.3) is 0 Å². The molecule has 2 heterocycles.